The Morgan fingerprint density at radius 2 is 1.81 bits per heavy atom. The average Bonchev–Trinajstić information content (AvgIpc) is 3.29. The van der Waals surface area contributed by atoms with E-state index in [2.05, 4.69) is 25.5 Å². The van der Waals surface area contributed by atoms with E-state index in [4.69, 9.17) is 0 Å². The molecule has 4 rings (SSSR count). The molecule has 8 nitrogen and oxygen atoms in total. The lowest BCUT2D eigenvalue weighted by Gasteiger charge is -2.40. The summed E-state index contributed by atoms with van der Waals surface area (Å²) in [7, 11) is 0. The van der Waals surface area contributed by atoms with Gasteiger partial charge in [0.05, 0.1) is 29.2 Å². The highest BCUT2D eigenvalue weighted by atomic mass is 19.4. The van der Waals surface area contributed by atoms with E-state index in [1.165, 1.54) is 17.2 Å². The Morgan fingerprint density at radius 1 is 1.13 bits per heavy atom. The number of alkyl halides is 3. The zero-order valence-electron chi connectivity index (χ0n) is 16.6. The van der Waals surface area contributed by atoms with Gasteiger partial charge in [0.1, 0.15) is 0 Å². The van der Waals surface area contributed by atoms with E-state index >= 15 is 0 Å². The van der Waals surface area contributed by atoms with Gasteiger partial charge in [0.15, 0.2) is 0 Å². The Morgan fingerprint density at radius 3 is 2.48 bits per heavy atom. The summed E-state index contributed by atoms with van der Waals surface area (Å²) in [5.74, 6) is -0.0690. The van der Waals surface area contributed by atoms with Gasteiger partial charge in [-0.1, -0.05) is 12.1 Å². The molecule has 0 spiro atoms. The molecule has 1 saturated heterocycles. The topological polar surface area (TPSA) is 88.8 Å². The van der Waals surface area contributed by atoms with Crippen LogP contribution in [0, 0.1) is 0 Å². The number of para-hydroxylation sites is 1. The molecular weight excluding hydrogens is 411 g/mol. The molecule has 0 radical (unpaired) electrons. The summed E-state index contributed by atoms with van der Waals surface area (Å²) in [6, 6.07) is 6.65. The molecule has 1 N–H and O–H groups in total. The molecule has 3 heterocycles. The number of nitrogens with zero attached hydrogens (tertiary/aromatic N) is 6. The summed E-state index contributed by atoms with van der Waals surface area (Å²) in [5.41, 5.74) is 0.137. The predicted octanol–water partition coefficient (Wildman–Crippen LogP) is 3.18. The Balaban J connectivity index is 1.52. The number of anilines is 1. The Kier molecular flexibility index (Phi) is 5.57. The van der Waals surface area contributed by atoms with Crippen LogP contribution in [0.4, 0.5) is 19.1 Å². The molecule has 2 atom stereocenters. The van der Waals surface area contributed by atoms with Crippen molar-refractivity contribution < 1.29 is 18.0 Å². The van der Waals surface area contributed by atoms with Crippen LogP contribution in [-0.2, 0) is 6.18 Å². The number of hydrogen-bond donors (Lipinski definition) is 1. The van der Waals surface area contributed by atoms with Gasteiger partial charge in [-0.15, -0.1) is 0 Å². The number of amides is 1. The van der Waals surface area contributed by atoms with Crippen molar-refractivity contribution in [3.63, 3.8) is 0 Å². The van der Waals surface area contributed by atoms with E-state index in [0.29, 0.717) is 17.8 Å². The van der Waals surface area contributed by atoms with E-state index in [-0.39, 0.29) is 23.9 Å². The van der Waals surface area contributed by atoms with Crippen molar-refractivity contribution in [2.45, 2.75) is 38.0 Å². The van der Waals surface area contributed by atoms with Gasteiger partial charge in [-0.25, -0.2) is 9.97 Å². The minimum absolute atomic E-state index is 0.0975. The summed E-state index contributed by atoms with van der Waals surface area (Å²) < 4.78 is 38.2. The van der Waals surface area contributed by atoms with Crippen LogP contribution < -0.4 is 5.32 Å². The van der Waals surface area contributed by atoms with Crippen molar-refractivity contribution in [3.8, 4) is 5.69 Å². The smallest absolute Gasteiger partial charge is 0.349 e. The number of carbonyl (C=O) groups is 1. The highest BCUT2D eigenvalue weighted by molar-refractivity contribution is 5.98. The first-order valence-corrected chi connectivity index (χ1v) is 9.77. The highest BCUT2D eigenvalue weighted by Gasteiger charge is 2.34. The zero-order chi connectivity index (χ0) is 22.0. The van der Waals surface area contributed by atoms with Crippen LogP contribution in [0.15, 0.2) is 49.1 Å². The van der Waals surface area contributed by atoms with Crippen LogP contribution in [0.2, 0.25) is 0 Å². The number of nitrogens with one attached hydrogen (secondary N) is 1. The quantitative estimate of drug-likeness (QED) is 0.683. The van der Waals surface area contributed by atoms with Gasteiger partial charge < -0.3 is 10.2 Å². The van der Waals surface area contributed by atoms with E-state index in [0.717, 1.165) is 25.2 Å². The second kappa shape index (κ2) is 8.32. The summed E-state index contributed by atoms with van der Waals surface area (Å²) in [6.07, 6.45) is 1.55. The lowest BCUT2D eigenvalue weighted by Crippen LogP contribution is -2.52. The maximum atomic E-state index is 13.4. The normalized spacial score (nSPS) is 19.3. The van der Waals surface area contributed by atoms with Crippen LogP contribution in [0.25, 0.3) is 5.69 Å². The molecule has 0 bridgehead atoms. The van der Waals surface area contributed by atoms with Crippen molar-refractivity contribution in [1.82, 2.24) is 29.9 Å². The second-order valence-electron chi connectivity index (χ2n) is 7.26. The van der Waals surface area contributed by atoms with Crippen molar-refractivity contribution in [2.75, 3.05) is 11.9 Å². The second-order valence-corrected chi connectivity index (χ2v) is 7.26. The van der Waals surface area contributed by atoms with E-state index < -0.39 is 11.7 Å². The molecule has 1 amide bonds. The number of hydrogen-bond acceptors (Lipinski definition) is 6. The van der Waals surface area contributed by atoms with Gasteiger partial charge in [-0.2, -0.15) is 28.2 Å². The number of piperidine rings is 1. The third kappa shape index (κ3) is 4.35. The number of benzene rings is 1. The molecule has 11 heteroatoms. The molecule has 1 aliphatic heterocycles. The van der Waals surface area contributed by atoms with E-state index in [9.17, 15) is 18.0 Å². The van der Waals surface area contributed by atoms with Crippen LogP contribution in [0.3, 0.4) is 0 Å². The first-order chi connectivity index (χ1) is 14.8. The maximum Gasteiger partial charge on any atom is 0.419 e. The monoisotopic (exact) mass is 431 g/mol. The van der Waals surface area contributed by atoms with E-state index in [1.807, 2.05) is 6.92 Å². The molecule has 0 aliphatic carbocycles. The highest BCUT2D eigenvalue weighted by Crippen LogP contribution is 2.29. The number of aromatic nitrogens is 5. The lowest BCUT2D eigenvalue weighted by molar-refractivity contribution is -0.138. The molecule has 3 aromatic rings. The molecule has 2 unspecified atom stereocenters. The fourth-order valence-corrected chi connectivity index (χ4v) is 3.66. The third-order valence-electron chi connectivity index (χ3n) is 5.31. The summed E-state index contributed by atoms with van der Waals surface area (Å²) in [6.45, 7) is 2.46. The van der Waals surface area contributed by atoms with Crippen LogP contribution >= 0.6 is 0 Å². The fraction of sp³-hybridized carbons (Fsp3) is 0.350. The molecule has 1 aromatic carbocycles. The Hall–Kier alpha value is -3.50. The number of halogens is 3. The molecule has 1 aliphatic rings. The van der Waals surface area contributed by atoms with Crippen molar-refractivity contribution >= 4 is 11.9 Å². The third-order valence-corrected chi connectivity index (χ3v) is 5.31. The molecule has 2 aromatic heterocycles. The van der Waals surface area contributed by atoms with E-state index in [1.54, 1.807) is 29.2 Å². The number of carbonyl (C=O) groups excluding carboxylic acids is 1. The SMILES string of the molecule is CC1C(Nc2ncc(C(F)(F)F)cn2)CCCN1C(=O)c1ccccc1-n1nccn1. The maximum absolute atomic E-state index is 13.4. The number of rotatable bonds is 4. The largest absolute Gasteiger partial charge is 0.419 e. The summed E-state index contributed by atoms with van der Waals surface area (Å²) in [5, 5.41) is 11.3. The van der Waals surface area contributed by atoms with Gasteiger partial charge in [-0.05, 0) is 31.9 Å². The fourth-order valence-electron chi connectivity index (χ4n) is 3.66. The zero-order valence-corrected chi connectivity index (χ0v) is 16.6. The Bertz CT molecular complexity index is 1040. The number of likely N-dealkylation sites (tertiary alicyclic amines) is 1. The summed E-state index contributed by atoms with van der Waals surface area (Å²) >= 11 is 0. The van der Waals surface area contributed by atoms with Gasteiger partial charge >= 0.3 is 6.18 Å². The molecule has 1 fully saturated rings. The average molecular weight is 431 g/mol. The lowest BCUT2D eigenvalue weighted by atomic mass is 9.96. The van der Waals surface area contributed by atoms with Gasteiger partial charge in [0.25, 0.3) is 5.91 Å². The first-order valence-electron chi connectivity index (χ1n) is 9.77. The van der Waals surface area contributed by atoms with Crippen molar-refractivity contribution in [3.05, 3.63) is 60.2 Å². The van der Waals surface area contributed by atoms with Crippen molar-refractivity contribution in [2.24, 2.45) is 0 Å². The molecule has 31 heavy (non-hydrogen) atoms. The van der Waals surface area contributed by atoms with Gasteiger partial charge in [0.2, 0.25) is 5.95 Å². The van der Waals surface area contributed by atoms with Gasteiger partial charge in [-0.3, -0.25) is 4.79 Å². The molecule has 0 saturated carbocycles. The molecule has 162 valence electrons. The van der Waals surface area contributed by atoms with Crippen LogP contribution in [-0.4, -0.2) is 54.4 Å². The minimum Gasteiger partial charge on any atom is -0.349 e. The Labute approximate surface area is 176 Å². The molecular formula is C20H20F3N7O. The summed E-state index contributed by atoms with van der Waals surface area (Å²) in [4.78, 5) is 24.1. The minimum atomic E-state index is -4.49. The van der Waals surface area contributed by atoms with Gasteiger partial charge in [0, 0.05) is 31.0 Å². The van der Waals surface area contributed by atoms with Crippen LogP contribution in [0.5, 0.6) is 0 Å². The standard InChI is InChI=1S/C20H20F3N7O/c1-13-16(28-19-24-11-14(12-25-19)20(21,22)23)6-4-10-29(13)18(31)15-5-2-3-7-17(15)30-26-8-9-27-30/h2-3,5,7-9,11-13,16H,4,6,10H2,1H3,(H,24,25,28). The van der Waals surface area contributed by atoms with Crippen LogP contribution in [0.1, 0.15) is 35.7 Å². The predicted molar refractivity (Wildman–Crippen MR) is 106 cm³/mol. The first kappa shape index (κ1) is 20.8. The van der Waals surface area contributed by atoms with Crippen molar-refractivity contribution in [1.29, 1.82) is 0 Å².